The minimum Gasteiger partial charge on any atom is -0.370 e. The van der Waals surface area contributed by atoms with Gasteiger partial charge in [-0.15, -0.1) is 11.3 Å². The van der Waals surface area contributed by atoms with Crippen LogP contribution in [0.15, 0.2) is 34.7 Å². The normalized spacial score (nSPS) is 18.9. The van der Waals surface area contributed by atoms with Gasteiger partial charge in [-0.05, 0) is 43.0 Å². The van der Waals surface area contributed by atoms with Gasteiger partial charge in [0.05, 0.1) is 16.2 Å². The van der Waals surface area contributed by atoms with Crippen molar-refractivity contribution < 1.29 is 8.42 Å². The average molecular weight is 372 g/mol. The van der Waals surface area contributed by atoms with Gasteiger partial charge in [0.1, 0.15) is 10.0 Å². The first kappa shape index (κ1) is 16.5. The van der Waals surface area contributed by atoms with Crippen LogP contribution in [0.2, 0.25) is 4.34 Å². The predicted octanol–water partition coefficient (Wildman–Crippen LogP) is 3.83. The highest BCUT2D eigenvalue weighted by Gasteiger charge is 2.19. The van der Waals surface area contributed by atoms with Crippen LogP contribution in [0, 0.1) is 5.92 Å². The molecule has 2 aromatic heterocycles. The van der Waals surface area contributed by atoms with Crippen LogP contribution in [0.1, 0.15) is 19.8 Å². The minimum absolute atomic E-state index is 0.179. The Balaban J connectivity index is 1.72. The van der Waals surface area contributed by atoms with Crippen molar-refractivity contribution in [1.29, 1.82) is 0 Å². The largest absolute Gasteiger partial charge is 0.370 e. The Morgan fingerprint density at radius 2 is 2.17 bits per heavy atom. The number of nitrogens with zero attached hydrogens (tertiary/aromatic N) is 2. The molecular weight excluding hydrogens is 354 g/mol. The zero-order valence-corrected chi connectivity index (χ0v) is 15.1. The van der Waals surface area contributed by atoms with E-state index in [0.29, 0.717) is 16.1 Å². The third-order valence-corrected chi connectivity index (χ3v) is 6.90. The van der Waals surface area contributed by atoms with Crippen LogP contribution in [0.3, 0.4) is 0 Å². The highest BCUT2D eigenvalue weighted by Crippen LogP contribution is 2.27. The van der Waals surface area contributed by atoms with Gasteiger partial charge >= 0.3 is 0 Å². The minimum atomic E-state index is -3.63. The second-order valence-electron chi connectivity index (χ2n) is 5.76. The monoisotopic (exact) mass is 371 g/mol. The fraction of sp³-hybridized carbons (Fsp3) is 0.400. The van der Waals surface area contributed by atoms with Crippen LogP contribution in [-0.4, -0.2) is 26.5 Å². The van der Waals surface area contributed by atoms with Crippen LogP contribution in [0.25, 0.3) is 0 Å². The lowest BCUT2D eigenvalue weighted by atomic mass is 10.00. The standard InChI is InChI=1S/C15H18ClN3O2S2/c1-11-3-2-8-19(10-11)12-4-6-14(17-9-12)18-23(20,21)15-7-5-13(16)22-15/h4-7,9,11H,2-3,8,10H2,1H3,(H,17,18). The molecule has 3 rings (SSSR count). The number of pyridine rings is 1. The van der Waals surface area contributed by atoms with E-state index in [9.17, 15) is 8.42 Å². The molecule has 1 unspecified atom stereocenters. The maximum absolute atomic E-state index is 12.2. The van der Waals surface area contributed by atoms with E-state index in [1.165, 1.54) is 18.9 Å². The number of rotatable bonds is 4. The number of thiophene rings is 1. The summed E-state index contributed by atoms with van der Waals surface area (Å²) in [6.07, 6.45) is 4.15. The predicted molar refractivity (Wildman–Crippen MR) is 95.0 cm³/mol. The van der Waals surface area contributed by atoms with E-state index in [2.05, 4.69) is 21.5 Å². The van der Waals surface area contributed by atoms with Crippen molar-refractivity contribution in [2.24, 2.45) is 5.92 Å². The highest BCUT2D eigenvalue weighted by atomic mass is 35.5. The summed E-state index contributed by atoms with van der Waals surface area (Å²) in [6.45, 7) is 4.28. The Morgan fingerprint density at radius 1 is 1.35 bits per heavy atom. The van der Waals surface area contributed by atoms with Crippen molar-refractivity contribution >= 4 is 44.5 Å². The first-order chi connectivity index (χ1) is 10.9. The van der Waals surface area contributed by atoms with E-state index < -0.39 is 10.0 Å². The zero-order valence-electron chi connectivity index (χ0n) is 12.7. The Hall–Kier alpha value is -1.31. The molecule has 23 heavy (non-hydrogen) atoms. The Bertz CT molecular complexity index is 774. The molecule has 124 valence electrons. The number of hydrogen-bond acceptors (Lipinski definition) is 5. The summed E-state index contributed by atoms with van der Waals surface area (Å²) in [5, 5.41) is 0. The molecule has 1 N–H and O–H groups in total. The van der Waals surface area contributed by atoms with E-state index in [-0.39, 0.29) is 4.21 Å². The molecule has 0 spiro atoms. The molecule has 1 atom stereocenters. The first-order valence-corrected chi connectivity index (χ1v) is 10.1. The maximum atomic E-state index is 12.2. The first-order valence-electron chi connectivity index (χ1n) is 7.43. The summed E-state index contributed by atoms with van der Waals surface area (Å²) in [7, 11) is -3.63. The van der Waals surface area contributed by atoms with Gasteiger partial charge in [-0.1, -0.05) is 18.5 Å². The summed E-state index contributed by atoms with van der Waals surface area (Å²) in [4.78, 5) is 6.53. The summed E-state index contributed by atoms with van der Waals surface area (Å²) in [5.41, 5.74) is 1.03. The van der Waals surface area contributed by atoms with E-state index >= 15 is 0 Å². The molecule has 2 aromatic rings. The van der Waals surface area contributed by atoms with Crippen LogP contribution in [-0.2, 0) is 10.0 Å². The molecule has 0 amide bonds. The zero-order chi connectivity index (χ0) is 16.4. The summed E-state index contributed by atoms with van der Waals surface area (Å²) in [6, 6.07) is 6.65. The molecule has 8 heteroatoms. The average Bonchev–Trinajstić information content (AvgIpc) is 2.95. The molecule has 1 saturated heterocycles. The molecule has 5 nitrogen and oxygen atoms in total. The topological polar surface area (TPSA) is 62.3 Å². The summed E-state index contributed by atoms with van der Waals surface area (Å²) >= 11 is 6.81. The summed E-state index contributed by atoms with van der Waals surface area (Å²) < 4.78 is 27.6. The van der Waals surface area contributed by atoms with Gasteiger partial charge in [-0.2, -0.15) is 0 Å². The quantitative estimate of drug-likeness (QED) is 0.887. The van der Waals surface area contributed by atoms with Crippen LogP contribution < -0.4 is 9.62 Å². The lowest BCUT2D eigenvalue weighted by Crippen LogP contribution is -2.34. The fourth-order valence-corrected chi connectivity index (χ4v) is 5.18. The summed E-state index contributed by atoms with van der Waals surface area (Å²) in [5.74, 6) is 0.980. The van der Waals surface area contributed by atoms with Gasteiger partial charge in [-0.25, -0.2) is 13.4 Å². The van der Waals surface area contributed by atoms with Gasteiger partial charge in [0, 0.05) is 13.1 Å². The van der Waals surface area contributed by atoms with E-state index in [1.807, 2.05) is 6.07 Å². The van der Waals surface area contributed by atoms with Crippen molar-refractivity contribution in [3.05, 3.63) is 34.8 Å². The second kappa shape index (κ2) is 6.67. The lowest BCUT2D eigenvalue weighted by Gasteiger charge is -2.32. The van der Waals surface area contributed by atoms with Gasteiger partial charge in [0.25, 0.3) is 10.0 Å². The maximum Gasteiger partial charge on any atom is 0.272 e. The third kappa shape index (κ3) is 3.97. The lowest BCUT2D eigenvalue weighted by molar-refractivity contribution is 0.446. The van der Waals surface area contributed by atoms with Crippen molar-refractivity contribution in [3.63, 3.8) is 0 Å². The molecule has 1 aliphatic heterocycles. The highest BCUT2D eigenvalue weighted by molar-refractivity contribution is 7.94. The van der Waals surface area contributed by atoms with E-state index in [1.54, 1.807) is 18.3 Å². The number of halogens is 1. The fourth-order valence-electron chi connectivity index (χ4n) is 2.69. The van der Waals surface area contributed by atoms with Crippen molar-refractivity contribution in [2.75, 3.05) is 22.7 Å². The SMILES string of the molecule is CC1CCCN(c2ccc(NS(=O)(=O)c3ccc(Cl)s3)nc2)C1. The van der Waals surface area contributed by atoms with Crippen LogP contribution >= 0.6 is 22.9 Å². The molecule has 1 fully saturated rings. The Kier molecular flexibility index (Phi) is 4.79. The van der Waals surface area contributed by atoms with Crippen molar-refractivity contribution in [3.8, 4) is 0 Å². The van der Waals surface area contributed by atoms with E-state index in [4.69, 9.17) is 11.6 Å². The van der Waals surface area contributed by atoms with Gasteiger partial charge in [0.15, 0.2) is 0 Å². The molecule has 0 aromatic carbocycles. The molecule has 0 saturated carbocycles. The number of sulfonamides is 1. The molecule has 0 aliphatic carbocycles. The molecular formula is C15H18ClN3O2S2. The van der Waals surface area contributed by atoms with Crippen molar-refractivity contribution in [1.82, 2.24) is 4.98 Å². The van der Waals surface area contributed by atoms with E-state index in [0.717, 1.165) is 30.1 Å². The van der Waals surface area contributed by atoms with Crippen LogP contribution in [0.5, 0.6) is 0 Å². The van der Waals surface area contributed by atoms with Gasteiger partial charge < -0.3 is 4.90 Å². The van der Waals surface area contributed by atoms with Crippen LogP contribution in [0.4, 0.5) is 11.5 Å². The van der Waals surface area contributed by atoms with Gasteiger partial charge in [0.2, 0.25) is 0 Å². The number of hydrogen-bond donors (Lipinski definition) is 1. The van der Waals surface area contributed by atoms with Crippen molar-refractivity contribution in [2.45, 2.75) is 24.0 Å². The molecule has 1 aliphatic rings. The molecule has 0 bridgehead atoms. The number of piperidine rings is 1. The number of anilines is 2. The third-order valence-electron chi connectivity index (χ3n) is 3.82. The Labute approximate surface area is 145 Å². The number of aromatic nitrogens is 1. The smallest absolute Gasteiger partial charge is 0.272 e. The van der Waals surface area contributed by atoms with Gasteiger partial charge in [-0.3, -0.25) is 4.72 Å². The molecule has 0 radical (unpaired) electrons. The second-order valence-corrected chi connectivity index (χ2v) is 9.38. The number of nitrogens with one attached hydrogen (secondary N) is 1. The molecule has 3 heterocycles. The Morgan fingerprint density at radius 3 is 2.78 bits per heavy atom.